The smallest absolute Gasteiger partial charge is 0.225 e. The van der Waals surface area contributed by atoms with Gasteiger partial charge in [0.1, 0.15) is 0 Å². The zero-order valence-corrected chi connectivity index (χ0v) is 11.6. The predicted octanol–water partition coefficient (Wildman–Crippen LogP) is 1.65. The molecule has 1 aliphatic heterocycles. The molecule has 3 rings (SSSR count). The average molecular weight is 275 g/mol. The summed E-state index contributed by atoms with van der Waals surface area (Å²) in [5, 5.41) is 2.13. The molecule has 0 amide bonds. The highest BCUT2D eigenvalue weighted by Crippen LogP contribution is 2.12. The molecule has 1 fully saturated rings. The molecule has 0 unspecified atom stereocenters. The minimum atomic E-state index is 0.845. The first kappa shape index (κ1) is 12.5. The summed E-state index contributed by atoms with van der Waals surface area (Å²) in [5.41, 5.74) is 3.08. The van der Waals surface area contributed by atoms with E-state index >= 15 is 0 Å². The zero-order chi connectivity index (χ0) is 12.9. The first-order valence-corrected chi connectivity index (χ1v) is 7.47. The van der Waals surface area contributed by atoms with Gasteiger partial charge < -0.3 is 4.90 Å². The lowest BCUT2D eigenvalue weighted by molar-refractivity contribution is 0.282. The Morgan fingerprint density at radius 2 is 1.95 bits per heavy atom. The monoisotopic (exact) mass is 275 g/mol. The molecule has 3 heterocycles. The van der Waals surface area contributed by atoms with Gasteiger partial charge in [-0.1, -0.05) is 0 Å². The summed E-state index contributed by atoms with van der Waals surface area (Å²) in [4.78, 5) is 17.7. The van der Waals surface area contributed by atoms with Gasteiger partial charge in [0, 0.05) is 50.5 Å². The summed E-state index contributed by atoms with van der Waals surface area (Å²) in [5.74, 6) is 0.845. The molecule has 2 aromatic heterocycles. The van der Waals surface area contributed by atoms with Crippen LogP contribution in [-0.2, 0) is 6.54 Å². The number of thiazole rings is 1. The molecule has 0 N–H and O–H groups in total. The molecule has 0 bridgehead atoms. The van der Waals surface area contributed by atoms with Crippen LogP contribution >= 0.6 is 11.3 Å². The largest absolute Gasteiger partial charge is 0.339 e. The summed E-state index contributed by atoms with van der Waals surface area (Å²) < 4.78 is 0. The number of rotatable bonds is 3. The standard InChI is InChI=1S/C13H17N5S/c1-3-14-13(15-4-1)18-6-2-5-17(7-8-18)9-12-10-19-11-16-12/h1,3-4,10-11H,2,5-9H2. The molecule has 0 aliphatic carbocycles. The van der Waals surface area contributed by atoms with Crippen LogP contribution in [0.3, 0.4) is 0 Å². The van der Waals surface area contributed by atoms with Crippen LogP contribution in [0.2, 0.25) is 0 Å². The maximum atomic E-state index is 4.36. The van der Waals surface area contributed by atoms with Crippen molar-refractivity contribution in [3.05, 3.63) is 35.0 Å². The van der Waals surface area contributed by atoms with E-state index in [9.17, 15) is 0 Å². The van der Waals surface area contributed by atoms with E-state index in [0.29, 0.717) is 0 Å². The number of aromatic nitrogens is 3. The lowest BCUT2D eigenvalue weighted by atomic mass is 10.3. The molecule has 100 valence electrons. The van der Waals surface area contributed by atoms with Gasteiger partial charge >= 0.3 is 0 Å². The third kappa shape index (κ3) is 3.27. The van der Waals surface area contributed by atoms with Crippen LogP contribution in [0, 0.1) is 0 Å². The van der Waals surface area contributed by atoms with Gasteiger partial charge in [-0.2, -0.15) is 0 Å². The Morgan fingerprint density at radius 3 is 2.74 bits per heavy atom. The number of hydrogen-bond donors (Lipinski definition) is 0. The van der Waals surface area contributed by atoms with Crippen molar-refractivity contribution in [2.45, 2.75) is 13.0 Å². The number of anilines is 1. The first-order valence-electron chi connectivity index (χ1n) is 6.53. The van der Waals surface area contributed by atoms with Crippen molar-refractivity contribution in [3.8, 4) is 0 Å². The number of nitrogens with zero attached hydrogens (tertiary/aromatic N) is 5. The zero-order valence-electron chi connectivity index (χ0n) is 10.8. The molecule has 1 saturated heterocycles. The fourth-order valence-corrected chi connectivity index (χ4v) is 2.88. The normalized spacial score (nSPS) is 17.4. The molecule has 0 aromatic carbocycles. The van der Waals surface area contributed by atoms with Crippen LogP contribution in [0.4, 0.5) is 5.95 Å². The van der Waals surface area contributed by atoms with Crippen molar-refractivity contribution < 1.29 is 0 Å². The molecule has 0 atom stereocenters. The fraction of sp³-hybridized carbons (Fsp3) is 0.462. The molecular weight excluding hydrogens is 258 g/mol. The molecule has 0 saturated carbocycles. The van der Waals surface area contributed by atoms with E-state index in [2.05, 4.69) is 30.1 Å². The van der Waals surface area contributed by atoms with Crippen molar-refractivity contribution >= 4 is 17.3 Å². The Balaban J connectivity index is 1.60. The highest BCUT2D eigenvalue weighted by Gasteiger charge is 2.17. The molecule has 5 nitrogen and oxygen atoms in total. The van der Waals surface area contributed by atoms with Crippen molar-refractivity contribution in [1.29, 1.82) is 0 Å². The Kier molecular flexibility index (Phi) is 4.00. The quantitative estimate of drug-likeness (QED) is 0.852. The van der Waals surface area contributed by atoms with E-state index in [4.69, 9.17) is 0 Å². The third-order valence-electron chi connectivity index (χ3n) is 3.29. The predicted molar refractivity (Wildman–Crippen MR) is 76.3 cm³/mol. The lowest BCUT2D eigenvalue weighted by Gasteiger charge is -2.21. The summed E-state index contributed by atoms with van der Waals surface area (Å²) in [6.07, 6.45) is 4.75. The van der Waals surface area contributed by atoms with Crippen LogP contribution in [0.25, 0.3) is 0 Å². The van der Waals surface area contributed by atoms with Crippen LogP contribution in [0.1, 0.15) is 12.1 Å². The van der Waals surface area contributed by atoms with Gasteiger partial charge in [-0.05, 0) is 12.5 Å². The third-order valence-corrected chi connectivity index (χ3v) is 3.93. The second kappa shape index (κ2) is 6.08. The lowest BCUT2D eigenvalue weighted by Crippen LogP contribution is -2.31. The van der Waals surface area contributed by atoms with Crippen LogP contribution in [0.15, 0.2) is 29.4 Å². The van der Waals surface area contributed by atoms with Crippen LogP contribution in [-0.4, -0.2) is 46.0 Å². The maximum absolute atomic E-state index is 4.36. The molecular formula is C13H17N5S. The van der Waals surface area contributed by atoms with Crippen LogP contribution in [0.5, 0.6) is 0 Å². The van der Waals surface area contributed by atoms with Gasteiger partial charge in [0.25, 0.3) is 0 Å². The summed E-state index contributed by atoms with van der Waals surface area (Å²) >= 11 is 1.66. The summed E-state index contributed by atoms with van der Waals surface area (Å²) in [6.45, 7) is 5.11. The minimum absolute atomic E-state index is 0.845. The fourth-order valence-electron chi connectivity index (χ4n) is 2.33. The number of hydrogen-bond acceptors (Lipinski definition) is 6. The summed E-state index contributed by atoms with van der Waals surface area (Å²) in [7, 11) is 0. The van der Waals surface area contributed by atoms with Crippen molar-refractivity contribution in [2.75, 3.05) is 31.1 Å². The molecule has 0 spiro atoms. The van der Waals surface area contributed by atoms with Crippen molar-refractivity contribution in [3.63, 3.8) is 0 Å². The first-order chi connectivity index (χ1) is 9.42. The van der Waals surface area contributed by atoms with Gasteiger partial charge in [-0.3, -0.25) is 4.90 Å². The Hall–Kier alpha value is -1.53. The SMILES string of the molecule is c1cnc(N2CCCN(Cc3cscn3)CC2)nc1. The Bertz CT molecular complexity index is 487. The molecule has 1 aliphatic rings. The van der Waals surface area contributed by atoms with E-state index in [1.54, 1.807) is 23.7 Å². The Morgan fingerprint density at radius 1 is 1.05 bits per heavy atom. The van der Waals surface area contributed by atoms with Crippen molar-refractivity contribution in [1.82, 2.24) is 19.9 Å². The van der Waals surface area contributed by atoms with E-state index in [0.717, 1.165) is 45.1 Å². The van der Waals surface area contributed by atoms with E-state index in [1.807, 2.05) is 11.6 Å². The van der Waals surface area contributed by atoms with Gasteiger partial charge in [0.05, 0.1) is 11.2 Å². The average Bonchev–Trinajstić information content (AvgIpc) is 2.85. The minimum Gasteiger partial charge on any atom is -0.339 e. The topological polar surface area (TPSA) is 45.2 Å². The summed E-state index contributed by atoms with van der Waals surface area (Å²) in [6, 6.07) is 1.86. The molecule has 19 heavy (non-hydrogen) atoms. The van der Waals surface area contributed by atoms with Gasteiger partial charge in [-0.15, -0.1) is 11.3 Å². The highest BCUT2D eigenvalue weighted by molar-refractivity contribution is 7.07. The van der Waals surface area contributed by atoms with Crippen LogP contribution < -0.4 is 4.90 Å². The second-order valence-electron chi connectivity index (χ2n) is 4.65. The van der Waals surface area contributed by atoms with E-state index < -0.39 is 0 Å². The second-order valence-corrected chi connectivity index (χ2v) is 5.36. The van der Waals surface area contributed by atoms with E-state index in [-0.39, 0.29) is 0 Å². The van der Waals surface area contributed by atoms with E-state index in [1.165, 1.54) is 5.69 Å². The maximum Gasteiger partial charge on any atom is 0.225 e. The molecule has 0 radical (unpaired) electrons. The molecule has 2 aromatic rings. The van der Waals surface area contributed by atoms with Gasteiger partial charge in [0.2, 0.25) is 5.95 Å². The van der Waals surface area contributed by atoms with Gasteiger partial charge in [0.15, 0.2) is 0 Å². The molecule has 6 heteroatoms. The highest BCUT2D eigenvalue weighted by atomic mass is 32.1. The van der Waals surface area contributed by atoms with Gasteiger partial charge in [-0.25, -0.2) is 15.0 Å². The Labute approximate surface area is 116 Å². The van der Waals surface area contributed by atoms with Crippen molar-refractivity contribution in [2.24, 2.45) is 0 Å².